The van der Waals surface area contributed by atoms with Gasteiger partial charge in [0.15, 0.2) is 0 Å². The summed E-state index contributed by atoms with van der Waals surface area (Å²) in [5.74, 6) is 0. The standard InChI is InChI=1S/C14H18N2O3S/c1-3-15-12(17)11-9-5-4-6-10(9)20-13(11)16(14(15)18)7-8-19-2/h3-8H2,1-2H3. The fourth-order valence-electron chi connectivity index (χ4n) is 2.91. The van der Waals surface area contributed by atoms with Crippen molar-refractivity contribution < 1.29 is 4.74 Å². The second-order valence-corrected chi connectivity index (χ2v) is 6.10. The molecule has 0 atom stereocenters. The first-order chi connectivity index (χ1) is 9.69. The van der Waals surface area contributed by atoms with Crippen LogP contribution in [0.25, 0.3) is 10.2 Å². The lowest BCUT2D eigenvalue weighted by molar-refractivity contribution is 0.186. The predicted molar refractivity (Wildman–Crippen MR) is 79.9 cm³/mol. The van der Waals surface area contributed by atoms with Crippen LogP contribution in [0.4, 0.5) is 0 Å². The van der Waals surface area contributed by atoms with Gasteiger partial charge in [-0.05, 0) is 31.7 Å². The average Bonchev–Trinajstić information content (AvgIpc) is 2.99. The van der Waals surface area contributed by atoms with Crippen LogP contribution in [0.2, 0.25) is 0 Å². The predicted octanol–water partition coefficient (Wildman–Crippen LogP) is 1.38. The zero-order valence-electron chi connectivity index (χ0n) is 11.8. The molecule has 0 aromatic carbocycles. The molecular formula is C14H18N2O3S. The third kappa shape index (κ3) is 1.86. The lowest BCUT2D eigenvalue weighted by Crippen LogP contribution is -2.40. The number of thiophene rings is 1. The molecule has 0 aliphatic heterocycles. The van der Waals surface area contributed by atoms with Gasteiger partial charge in [0.1, 0.15) is 4.83 Å². The summed E-state index contributed by atoms with van der Waals surface area (Å²) in [6, 6.07) is 0. The van der Waals surface area contributed by atoms with Gasteiger partial charge in [-0.2, -0.15) is 0 Å². The molecule has 0 N–H and O–H groups in total. The Morgan fingerprint density at radius 1 is 1.25 bits per heavy atom. The maximum atomic E-state index is 12.6. The van der Waals surface area contributed by atoms with Crippen LogP contribution in [0.3, 0.4) is 0 Å². The molecule has 2 heterocycles. The summed E-state index contributed by atoms with van der Waals surface area (Å²) in [6.45, 7) is 3.21. The molecule has 1 aliphatic rings. The average molecular weight is 294 g/mol. The van der Waals surface area contributed by atoms with Crippen LogP contribution >= 0.6 is 11.3 Å². The molecule has 6 heteroatoms. The van der Waals surface area contributed by atoms with Crippen molar-refractivity contribution in [2.75, 3.05) is 13.7 Å². The van der Waals surface area contributed by atoms with Gasteiger partial charge in [0.25, 0.3) is 5.56 Å². The monoisotopic (exact) mass is 294 g/mol. The summed E-state index contributed by atoms with van der Waals surface area (Å²) >= 11 is 1.61. The molecule has 0 fully saturated rings. The number of hydrogen-bond donors (Lipinski definition) is 0. The van der Waals surface area contributed by atoms with Crippen molar-refractivity contribution in [1.82, 2.24) is 9.13 Å². The molecule has 0 bridgehead atoms. The largest absolute Gasteiger partial charge is 0.383 e. The van der Waals surface area contributed by atoms with Gasteiger partial charge in [-0.25, -0.2) is 4.79 Å². The number of ether oxygens (including phenoxy) is 1. The van der Waals surface area contributed by atoms with Crippen LogP contribution < -0.4 is 11.2 Å². The second-order valence-electron chi connectivity index (χ2n) is 5.01. The highest BCUT2D eigenvalue weighted by Crippen LogP contribution is 2.34. The Balaban J connectivity index is 2.37. The summed E-state index contributed by atoms with van der Waals surface area (Å²) in [7, 11) is 1.62. The zero-order chi connectivity index (χ0) is 14.3. The van der Waals surface area contributed by atoms with Crippen LogP contribution in [-0.2, 0) is 30.7 Å². The molecule has 0 unspecified atom stereocenters. The molecular weight excluding hydrogens is 276 g/mol. The Hall–Kier alpha value is -1.40. The molecule has 0 radical (unpaired) electrons. The first-order valence-electron chi connectivity index (χ1n) is 6.95. The lowest BCUT2D eigenvalue weighted by atomic mass is 10.2. The van der Waals surface area contributed by atoms with E-state index >= 15 is 0 Å². The number of fused-ring (bicyclic) bond motifs is 3. The molecule has 5 nitrogen and oxygen atoms in total. The molecule has 0 saturated heterocycles. The van der Waals surface area contributed by atoms with Crippen LogP contribution in [0.15, 0.2) is 9.59 Å². The van der Waals surface area contributed by atoms with E-state index in [2.05, 4.69) is 0 Å². The van der Waals surface area contributed by atoms with Crippen molar-refractivity contribution in [3.05, 3.63) is 31.3 Å². The van der Waals surface area contributed by atoms with Gasteiger partial charge in [-0.15, -0.1) is 11.3 Å². The van der Waals surface area contributed by atoms with E-state index in [-0.39, 0.29) is 11.2 Å². The summed E-state index contributed by atoms with van der Waals surface area (Å²) in [4.78, 5) is 27.1. The maximum Gasteiger partial charge on any atom is 0.332 e. The highest BCUT2D eigenvalue weighted by Gasteiger charge is 2.23. The van der Waals surface area contributed by atoms with Gasteiger partial charge >= 0.3 is 5.69 Å². The summed E-state index contributed by atoms with van der Waals surface area (Å²) in [5.41, 5.74) is 0.825. The maximum absolute atomic E-state index is 12.6. The van der Waals surface area contributed by atoms with Crippen molar-refractivity contribution in [3.8, 4) is 0 Å². The summed E-state index contributed by atoms with van der Waals surface area (Å²) in [5, 5.41) is 0.764. The second kappa shape index (κ2) is 5.18. The van der Waals surface area contributed by atoms with E-state index in [1.54, 1.807) is 23.0 Å². The van der Waals surface area contributed by atoms with Crippen LogP contribution in [-0.4, -0.2) is 22.9 Å². The summed E-state index contributed by atoms with van der Waals surface area (Å²) < 4.78 is 8.13. The van der Waals surface area contributed by atoms with Gasteiger partial charge in [-0.1, -0.05) is 0 Å². The van der Waals surface area contributed by atoms with Crippen LogP contribution in [0.5, 0.6) is 0 Å². The third-order valence-electron chi connectivity index (χ3n) is 3.90. The molecule has 20 heavy (non-hydrogen) atoms. The Bertz CT molecular complexity index is 769. The molecule has 108 valence electrons. The molecule has 0 saturated carbocycles. The van der Waals surface area contributed by atoms with E-state index in [0.29, 0.717) is 19.7 Å². The van der Waals surface area contributed by atoms with E-state index < -0.39 is 0 Å². The number of aromatic nitrogens is 2. The number of hydrogen-bond acceptors (Lipinski definition) is 4. The highest BCUT2D eigenvalue weighted by atomic mass is 32.1. The quantitative estimate of drug-likeness (QED) is 0.856. The normalized spacial score (nSPS) is 14.1. The lowest BCUT2D eigenvalue weighted by Gasteiger charge is -2.10. The van der Waals surface area contributed by atoms with E-state index in [1.807, 2.05) is 6.92 Å². The zero-order valence-corrected chi connectivity index (χ0v) is 12.6. The van der Waals surface area contributed by atoms with Crippen LogP contribution in [0.1, 0.15) is 23.8 Å². The van der Waals surface area contributed by atoms with Gasteiger partial charge in [-0.3, -0.25) is 13.9 Å². The van der Waals surface area contributed by atoms with E-state index in [0.717, 1.165) is 29.5 Å². The fraction of sp³-hybridized carbons (Fsp3) is 0.571. The van der Waals surface area contributed by atoms with Gasteiger partial charge < -0.3 is 4.74 Å². The summed E-state index contributed by atoms with van der Waals surface area (Å²) in [6.07, 6.45) is 3.09. The highest BCUT2D eigenvalue weighted by molar-refractivity contribution is 7.18. The van der Waals surface area contributed by atoms with Gasteiger partial charge in [0.05, 0.1) is 18.5 Å². The minimum absolute atomic E-state index is 0.124. The van der Waals surface area contributed by atoms with Crippen molar-refractivity contribution in [3.63, 3.8) is 0 Å². The van der Waals surface area contributed by atoms with Gasteiger partial charge in [0, 0.05) is 18.5 Å². The first kappa shape index (κ1) is 13.6. The molecule has 0 amide bonds. The smallest absolute Gasteiger partial charge is 0.332 e. The van der Waals surface area contributed by atoms with Crippen LogP contribution in [0, 0.1) is 0 Å². The topological polar surface area (TPSA) is 53.2 Å². The van der Waals surface area contributed by atoms with Gasteiger partial charge in [0.2, 0.25) is 0 Å². The third-order valence-corrected chi connectivity index (χ3v) is 5.22. The molecule has 0 spiro atoms. The minimum atomic E-state index is -0.220. The van der Waals surface area contributed by atoms with Crippen molar-refractivity contribution in [2.45, 2.75) is 39.3 Å². The molecule has 2 aromatic heterocycles. The Morgan fingerprint density at radius 2 is 2.05 bits per heavy atom. The van der Waals surface area contributed by atoms with Crippen molar-refractivity contribution in [1.29, 1.82) is 0 Å². The fourth-order valence-corrected chi connectivity index (χ4v) is 4.31. The van der Waals surface area contributed by atoms with E-state index in [9.17, 15) is 9.59 Å². The number of rotatable bonds is 4. The number of methoxy groups -OCH3 is 1. The van der Waals surface area contributed by atoms with Crippen molar-refractivity contribution >= 4 is 21.6 Å². The Kier molecular flexibility index (Phi) is 3.52. The van der Waals surface area contributed by atoms with Crippen molar-refractivity contribution in [2.24, 2.45) is 0 Å². The SMILES string of the molecule is CCn1c(=O)c2c3c(sc2n(CCOC)c1=O)CCC3. The first-order valence-corrected chi connectivity index (χ1v) is 7.77. The molecule has 3 rings (SSSR count). The van der Waals surface area contributed by atoms with E-state index in [4.69, 9.17) is 4.74 Å². The molecule has 1 aliphatic carbocycles. The Labute approximate surface area is 120 Å². The Morgan fingerprint density at radius 3 is 2.75 bits per heavy atom. The number of nitrogens with zero attached hydrogens (tertiary/aromatic N) is 2. The minimum Gasteiger partial charge on any atom is -0.383 e. The molecule has 2 aromatic rings. The van der Waals surface area contributed by atoms with E-state index in [1.165, 1.54) is 15.0 Å². The number of aryl methyl sites for hydroxylation is 2.